The highest BCUT2D eigenvalue weighted by atomic mass is 35.5. The van der Waals surface area contributed by atoms with Crippen LogP contribution in [0.2, 0.25) is 5.02 Å². The van der Waals surface area contributed by atoms with E-state index in [9.17, 15) is 4.79 Å². The monoisotopic (exact) mass is 305 g/mol. The minimum Gasteiger partial charge on any atom is -0.488 e. The summed E-state index contributed by atoms with van der Waals surface area (Å²) in [5.74, 6) is 0.153. The van der Waals surface area contributed by atoms with Gasteiger partial charge in [-0.1, -0.05) is 41.9 Å². The van der Waals surface area contributed by atoms with Crippen LogP contribution in [0.5, 0.6) is 5.75 Å². The van der Waals surface area contributed by atoms with E-state index >= 15 is 0 Å². The molecule has 0 saturated carbocycles. The van der Waals surface area contributed by atoms with Crippen molar-refractivity contribution in [3.63, 3.8) is 0 Å². The summed E-state index contributed by atoms with van der Waals surface area (Å²) in [6, 6.07) is 14.7. The fourth-order valence-corrected chi connectivity index (χ4v) is 1.96. The second-order valence-electron chi connectivity index (χ2n) is 4.40. The van der Waals surface area contributed by atoms with Crippen molar-refractivity contribution >= 4 is 17.5 Å². The number of nitrogens with zero attached hydrogens (tertiary/aromatic N) is 1. The first-order valence-corrected chi connectivity index (χ1v) is 6.78. The first kappa shape index (κ1) is 15.4. The van der Waals surface area contributed by atoms with Gasteiger partial charge in [-0.05, 0) is 23.8 Å². The molecule has 0 bridgehead atoms. The van der Waals surface area contributed by atoms with Gasteiger partial charge in [-0.25, -0.2) is 5.06 Å². The van der Waals surface area contributed by atoms with Crippen molar-refractivity contribution in [3.05, 3.63) is 64.7 Å². The molecule has 0 aromatic heterocycles. The van der Waals surface area contributed by atoms with Crippen LogP contribution in [0.4, 0.5) is 0 Å². The van der Waals surface area contributed by atoms with E-state index in [4.69, 9.17) is 21.2 Å². The topological polar surface area (TPSA) is 38.8 Å². The molecule has 4 nitrogen and oxygen atoms in total. The number of hydroxylamine groups is 2. The van der Waals surface area contributed by atoms with Crippen LogP contribution in [0.15, 0.2) is 48.5 Å². The highest BCUT2D eigenvalue weighted by Crippen LogP contribution is 2.25. The summed E-state index contributed by atoms with van der Waals surface area (Å²) < 4.78 is 5.73. The number of ether oxygens (including phenoxy) is 1. The molecule has 0 aliphatic rings. The molecule has 0 aliphatic carbocycles. The smallest absolute Gasteiger partial charge is 0.280 e. The molecule has 0 aliphatic heterocycles. The number of benzene rings is 2. The Morgan fingerprint density at radius 1 is 1.19 bits per heavy atom. The summed E-state index contributed by atoms with van der Waals surface area (Å²) in [5.41, 5.74) is 1.38. The molecule has 0 spiro atoms. The number of rotatable bonds is 5. The summed E-state index contributed by atoms with van der Waals surface area (Å²) in [4.78, 5) is 17.1. The van der Waals surface area contributed by atoms with Gasteiger partial charge in [0.25, 0.3) is 5.91 Å². The van der Waals surface area contributed by atoms with E-state index < -0.39 is 0 Å². The fraction of sp³-hybridized carbons (Fsp3) is 0.188. The van der Waals surface area contributed by atoms with Gasteiger partial charge in [-0.3, -0.25) is 9.63 Å². The Bertz CT molecular complexity index is 616. The summed E-state index contributed by atoms with van der Waals surface area (Å²) >= 11 is 5.96. The van der Waals surface area contributed by atoms with Crippen molar-refractivity contribution in [3.8, 4) is 5.75 Å². The molecular weight excluding hydrogens is 290 g/mol. The zero-order valence-electron chi connectivity index (χ0n) is 11.9. The molecule has 0 unspecified atom stereocenters. The molecule has 0 radical (unpaired) electrons. The van der Waals surface area contributed by atoms with E-state index in [1.54, 1.807) is 18.2 Å². The SMILES string of the molecule is CON(C)C(=O)c1cc(Cl)ccc1OCc1ccccc1. The molecule has 110 valence electrons. The third kappa shape index (κ3) is 3.97. The van der Waals surface area contributed by atoms with Crippen molar-refractivity contribution in [2.24, 2.45) is 0 Å². The molecule has 1 amide bonds. The number of carbonyl (C=O) groups is 1. The summed E-state index contributed by atoms with van der Waals surface area (Å²) in [5, 5.41) is 1.59. The highest BCUT2D eigenvalue weighted by Gasteiger charge is 2.17. The molecule has 2 aromatic rings. The second-order valence-corrected chi connectivity index (χ2v) is 4.84. The standard InChI is InChI=1S/C16H16ClNO3/c1-18(20-2)16(19)14-10-13(17)8-9-15(14)21-11-12-6-4-3-5-7-12/h3-10H,11H2,1-2H3. The predicted octanol–water partition coefficient (Wildman–Crippen LogP) is 3.55. The fourth-order valence-electron chi connectivity index (χ4n) is 1.78. The van der Waals surface area contributed by atoms with Gasteiger partial charge >= 0.3 is 0 Å². The van der Waals surface area contributed by atoms with Gasteiger partial charge in [-0.15, -0.1) is 0 Å². The minimum atomic E-state index is -0.317. The van der Waals surface area contributed by atoms with Gasteiger partial charge in [0.2, 0.25) is 0 Å². The normalized spacial score (nSPS) is 10.2. The molecule has 21 heavy (non-hydrogen) atoms. The van der Waals surface area contributed by atoms with Crippen LogP contribution in [0, 0.1) is 0 Å². The second kappa shape index (κ2) is 7.11. The first-order valence-electron chi connectivity index (χ1n) is 6.40. The third-order valence-electron chi connectivity index (χ3n) is 2.97. The largest absolute Gasteiger partial charge is 0.488 e. The maximum absolute atomic E-state index is 12.2. The predicted molar refractivity (Wildman–Crippen MR) is 81.3 cm³/mol. The maximum Gasteiger partial charge on any atom is 0.280 e. The number of carbonyl (C=O) groups excluding carboxylic acids is 1. The lowest BCUT2D eigenvalue weighted by atomic mass is 10.2. The van der Waals surface area contributed by atoms with Gasteiger partial charge in [-0.2, -0.15) is 0 Å². The Morgan fingerprint density at radius 3 is 2.57 bits per heavy atom. The highest BCUT2D eigenvalue weighted by molar-refractivity contribution is 6.31. The lowest BCUT2D eigenvalue weighted by molar-refractivity contribution is -0.0758. The van der Waals surface area contributed by atoms with Crippen molar-refractivity contribution in [2.75, 3.05) is 14.2 Å². The van der Waals surface area contributed by atoms with Crippen molar-refractivity contribution in [1.29, 1.82) is 0 Å². The van der Waals surface area contributed by atoms with Crippen molar-refractivity contribution in [1.82, 2.24) is 5.06 Å². The lowest BCUT2D eigenvalue weighted by Crippen LogP contribution is -2.25. The van der Waals surface area contributed by atoms with Gasteiger partial charge in [0.1, 0.15) is 12.4 Å². The van der Waals surface area contributed by atoms with Crippen LogP contribution in [0.1, 0.15) is 15.9 Å². The molecule has 0 saturated heterocycles. The van der Waals surface area contributed by atoms with Crippen LogP contribution >= 0.6 is 11.6 Å². The Morgan fingerprint density at radius 2 is 1.90 bits per heavy atom. The summed E-state index contributed by atoms with van der Waals surface area (Å²) in [7, 11) is 2.96. The summed E-state index contributed by atoms with van der Waals surface area (Å²) in [6.07, 6.45) is 0. The van der Waals surface area contributed by atoms with E-state index in [1.165, 1.54) is 14.2 Å². The lowest BCUT2D eigenvalue weighted by Gasteiger charge is -2.17. The summed E-state index contributed by atoms with van der Waals surface area (Å²) in [6.45, 7) is 0.374. The molecule has 2 rings (SSSR count). The molecule has 2 aromatic carbocycles. The average molecular weight is 306 g/mol. The first-order chi connectivity index (χ1) is 10.1. The van der Waals surface area contributed by atoms with E-state index in [1.807, 2.05) is 30.3 Å². The van der Waals surface area contributed by atoms with E-state index in [0.29, 0.717) is 22.9 Å². The van der Waals surface area contributed by atoms with E-state index in [0.717, 1.165) is 10.6 Å². The molecule has 0 fully saturated rings. The minimum absolute atomic E-state index is 0.317. The Hall–Kier alpha value is -2.04. The van der Waals surface area contributed by atoms with Crippen molar-refractivity contribution < 1.29 is 14.4 Å². The molecule has 0 heterocycles. The zero-order chi connectivity index (χ0) is 15.2. The number of hydrogen-bond acceptors (Lipinski definition) is 3. The maximum atomic E-state index is 12.2. The zero-order valence-corrected chi connectivity index (χ0v) is 12.6. The Labute approximate surface area is 128 Å². The van der Waals surface area contributed by atoms with Gasteiger partial charge in [0.15, 0.2) is 0 Å². The number of hydrogen-bond donors (Lipinski definition) is 0. The van der Waals surface area contributed by atoms with Crippen LogP contribution in [0.25, 0.3) is 0 Å². The quantitative estimate of drug-likeness (QED) is 0.793. The van der Waals surface area contributed by atoms with E-state index in [2.05, 4.69) is 0 Å². The Kier molecular flexibility index (Phi) is 5.20. The van der Waals surface area contributed by atoms with Crippen LogP contribution < -0.4 is 4.74 Å². The van der Waals surface area contributed by atoms with Gasteiger partial charge in [0.05, 0.1) is 12.7 Å². The molecule has 0 N–H and O–H groups in total. The third-order valence-corrected chi connectivity index (χ3v) is 3.20. The number of amides is 1. The van der Waals surface area contributed by atoms with Crippen LogP contribution in [-0.2, 0) is 11.4 Å². The average Bonchev–Trinajstić information content (AvgIpc) is 2.53. The van der Waals surface area contributed by atoms with Gasteiger partial charge < -0.3 is 4.74 Å². The van der Waals surface area contributed by atoms with Crippen molar-refractivity contribution in [2.45, 2.75) is 6.61 Å². The Balaban J connectivity index is 2.21. The van der Waals surface area contributed by atoms with Crippen LogP contribution in [-0.4, -0.2) is 25.1 Å². The van der Waals surface area contributed by atoms with Gasteiger partial charge in [0, 0.05) is 12.1 Å². The molecular formula is C16H16ClNO3. The molecule has 5 heteroatoms. The van der Waals surface area contributed by atoms with E-state index in [-0.39, 0.29) is 5.91 Å². The molecule has 0 atom stereocenters. The number of halogens is 1. The van der Waals surface area contributed by atoms with Crippen LogP contribution in [0.3, 0.4) is 0 Å².